The van der Waals surface area contributed by atoms with E-state index in [0.717, 1.165) is 5.38 Å². The monoisotopic (exact) mass is 352 g/mol. The number of amides is 1. The third kappa shape index (κ3) is 3.63. The largest absolute Gasteiger partial charge is 0.481 e. The van der Waals surface area contributed by atoms with Gasteiger partial charge in [0.25, 0.3) is 5.91 Å². The van der Waals surface area contributed by atoms with Crippen LogP contribution in [0, 0.1) is 5.41 Å². The van der Waals surface area contributed by atoms with Gasteiger partial charge >= 0.3 is 12.1 Å². The van der Waals surface area contributed by atoms with Gasteiger partial charge in [0.05, 0.1) is 6.61 Å². The smallest absolute Gasteiger partial charge is 0.443 e. The number of nitrogens with zero attached hydrogens (tertiary/aromatic N) is 2. The van der Waals surface area contributed by atoms with Gasteiger partial charge in [0.1, 0.15) is 11.1 Å². The first-order valence-corrected chi connectivity index (χ1v) is 7.62. The lowest BCUT2D eigenvalue weighted by Gasteiger charge is -2.39. The molecule has 10 heteroatoms. The number of rotatable bonds is 4. The molecule has 6 nitrogen and oxygen atoms in total. The number of alkyl halides is 3. The number of aliphatic carboxylic acids is 1. The maximum Gasteiger partial charge on any atom is 0.443 e. The fourth-order valence-electron chi connectivity index (χ4n) is 2.60. The maximum absolute atomic E-state index is 12.6. The van der Waals surface area contributed by atoms with E-state index < -0.39 is 28.5 Å². The summed E-state index contributed by atoms with van der Waals surface area (Å²) in [5.74, 6) is -1.79. The molecule has 1 unspecified atom stereocenters. The van der Waals surface area contributed by atoms with E-state index >= 15 is 0 Å². The van der Waals surface area contributed by atoms with Crippen molar-refractivity contribution in [1.29, 1.82) is 0 Å². The van der Waals surface area contributed by atoms with Gasteiger partial charge in [0, 0.05) is 25.6 Å². The fourth-order valence-corrected chi connectivity index (χ4v) is 3.26. The molecular weight excluding hydrogens is 337 g/mol. The van der Waals surface area contributed by atoms with Crippen LogP contribution in [0.3, 0.4) is 0 Å². The first kappa shape index (κ1) is 17.7. The molecule has 1 saturated heterocycles. The van der Waals surface area contributed by atoms with Crippen molar-refractivity contribution in [2.45, 2.75) is 19.0 Å². The Hall–Kier alpha value is -1.68. The van der Waals surface area contributed by atoms with E-state index in [4.69, 9.17) is 4.74 Å². The van der Waals surface area contributed by atoms with Crippen molar-refractivity contribution in [3.8, 4) is 0 Å². The summed E-state index contributed by atoms with van der Waals surface area (Å²) in [6.45, 7) is 0.0846. The van der Waals surface area contributed by atoms with Crippen LogP contribution in [0.25, 0.3) is 0 Å². The Labute approximate surface area is 133 Å². The molecule has 1 aromatic rings. The normalized spacial score (nSPS) is 22.2. The average Bonchev–Trinajstić information content (AvgIpc) is 2.96. The number of hydrogen-bond donors (Lipinski definition) is 1. The van der Waals surface area contributed by atoms with Crippen molar-refractivity contribution >= 4 is 23.2 Å². The van der Waals surface area contributed by atoms with Gasteiger partial charge < -0.3 is 14.7 Å². The number of carbonyl (C=O) groups is 2. The summed E-state index contributed by atoms with van der Waals surface area (Å²) in [5.41, 5.74) is -1.56. The molecule has 1 N–H and O–H groups in total. The molecule has 0 spiro atoms. The maximum atomic E-state index is 12.6. The summed E-state index contributed by atoms with van der Waals surface area (Å²) >= 11 is 0.341. The van der Waals surface area contributed by atoms with Gasteiger partial charge in [0.2, 0.25) is 0 Å². The predicted molar refractivity (Wildman–Crippen MR) is 74.2 cm³/mol. The van der Waals surface area contributed by atoms with E-state index in [9.17, 15) is 27.9 Å². The molecule has 0 saturated carbocycles. The van der Waals surface area contributed by atoms with Crippen LogP contribution < -0.4 is 0 Å². The molecule has 1 amide bonds. The van der Waals surface area contributed by atoms with Gasteiger partial charge in [-0.25, -0.2) is 4.98 Å². The third-order valence-electron chi connectivity index (χ3n) is 3.70. The fraction of sp³-hybridized carbons (Fsp3) is 0.615. The van der Waals surface area contributed by atoms with E-state index in [1.54, 1.807) is 0 Å². The third-order valence-corrected chi connectivity index (χ3v) is 4.59. The number of carbonyl (C=O) groups excluding carboxylic acids is 1. The summed E-state index contributed by atoms with van der Waals surface area (Å²) in [5, 5.41) is 9.36. The molecule has 2 rings (SSSR count). The number of methoxy groups -OCH3 is 1. The van der Waals surface area contributed by atoms with Crippen LogP contribution in [0.5, 0.6) is 0 Å². The minimum Gasteiger partial charge on any atom is -0.481 e. The van der Waals surface area contributed by atoms with Gasteiger partial charge in [-0.05, 0) is 12.8 Å². The SMILES string of the molecule is COCC1(C(=O)O)CCCN(C(=O)c2csc(C(F)(F)F)n2)C1. The second-order valence-electron chi connectivity index (χ2n) is 5.38. The highest BCUT2D eigenvalue weighted by Gasteiger charge is 2.44. The molecule has 0 aromatic carbocycles. The highest BCUT2D eigenvalue weighted by molar-refractivity contribution is 7.09. The van der Waals surface area contributed by atoms with E-state index in [1.165, 1.54) is 12.0 Å². The summed E-state index contributed by atoms with van der Waals surface area (Å²) < 4.78 is 42.6. The molecule has 0 aliphatic carbocycles. The number of carboxylic acid groups (broad SMARTS) is 1. The Kier molecular flexibility index (Phi) is 4.95. The first-order chi connectivity index (χ1) is 10.7. The molecule has 1 atom stereocenters. The topological polar surface area (TPSA) is 79.7 Å². The van der Waals surface area contributed by atoms with Crippen LogP contribution in [0.4, 0.5) is 13.2 Å². The van der Waals surface area contributed by atoms with E-state index in [1.807, 2.05) is 0 Å². The number of hydrogen-bond acceptors (Lipinski definition) is 5. The number of likely N-dealkylation sites (tertiary alicyclic amines) is 1. The Morgan fingerprint density at radius 2 is 2.22 bits per heavy atom. The molecule has 0 bridgehead atoms. The lowest BCUT2D eigenvalue weighted by Crippen LogP contribution is -2.52. The first-order valence-electron chi connectivity index (χ1n) is 6.74. The number of carboxylic acids is 1. The van der Waals surface area contributed by atoms with Crippen molar-refractivity contribution in [2.24, 2.45) is 5.41 Å². The van der Waals surface area contributed by atoms with Crippen molar-refractivity contribution in [1.82, 2.24) is 9.88 Å². The number of piperidine rings is 1. The van der Waals surface area contributed by atoms with Gasteiger partial charge in [-0.15, -0.1) is 11.3 Å². The second kappa shape index (κ2) is 6.44. The van der Waals surface area contributed by atoms with Crippen molar-refractivity contribution < 1.29 is 32.6 Å². The molecule has 1 aliphatic heterocycles. The zero-order valence-electron chi connectivity index (χ0n) is 12.2. The Bertz CT molecular complexity index is 600. The summed E-state index contributed by atoms with van der Waals surface area (Å²) in [6.07, 6.45) is -3.84. The van der Waals surface area contributed by atoms with Crippen LogP contribution in [0.15, 0.2) is 5.38 Å². The molecule has 128 valence electrons. The van der Waals surface area contributed by atoms with Crippen LogP contribution in [-0.2, 0) is 15.7 Å². The predicted octanol–water partition coefficient (Wildman–Crippen LogP) is 2.12. The molecule has 1 fully saturated rings. The van der Waals surface area contributed by atoms with E-state index in [0.29, 0.717) is 24.2 Å². The Morgan fingerprint density at radius 1 is 1.52 bits per heavy atom. The molecule has 23 heavy (non-hydrogen) atoms. The van der Waals surface area contributed by atoms with Gasteiger partial charge in [-0.2, -0.15) is 13.2 Å². The van der Waals surface area contributed by atoms with Gasteiger partial charge in [0.15, 0.2) is 5.01 Å². The van der Waals surface area contributed by atoms with Crippen LogP contribution in [0.2, 0.25) is 0 Å². The highest BCUT2D eigenvalue weighted by Crippen LogP contribution is 2.34. The summed E-state index contributed by atoms with van der Waals surface area (Å²) in [4.78, 5) is 28.4. The molecule has 0 radical (unpaired) electrons. The molecule has 2 heterocycles. The minimum atomic E-state index is -4.61. The van der Waals surface area contributed by atoms with Crippen LogP contribution >= 0.6 is 11.3 Å². The summed E-state index contributed by atoms with van der Waals surface area (Å²) in [6, 6.07) is 0. The standard InChI is InChI=1S/C13H15F3N2O4S/c1-22-7-12(11(20)21)3-2-4-18(6-12)9(19)8-5-23-10(17-8)13(14,15)16/h5H,2-4,6-7H2,1H3,(H,20,21). The minimum absolute atomic E-state index is 0.0724. The zero-order valence-corrected chi connectivity index (χ0v) is 13.0. The van der Waals surface area contributed by atoms with Crippen molar-refractivity contribution in [3.63, 3.8) is 0 Å². The number of halogens is 3. The van der Waals surface area contributed by atoms with E-state index in [2.05, 4.69) is 4.98 Å². The zero-order chi connectivity index (χ0) is 17.3. The van der Waals surface area contributed by atoms with Crippen molar-refractivity contribution in [3.05, 3.63) is 16.1 Å². The Balaban J connectivity index is 2.19. The second-order valence-corrected chi connectivity index (χ2v) is 6.24. The molecule has 1 aromatic heterocycles. The average molecular weight is 352 g/mol. The Morgan fingerprint density at radius 3 is 2.74 bits per heavy atom. The molecule has 1 aliphatic rings. The van der Waals surface area contributed by atoms with Gasteiger partial charge in [-0.3, -0.25) is 9.59 Å². The van der Waals surface area contributed by atoms with Crippen LogP contribution in [0.1, 0.15) is 28.3 Å². The summed E-state index contributed by atoms with van der Waals surface area (Å²) in [7, 11) is 1.36. The van der Waals surface area contributed by atoms with Gasteiger partial charge in [-0.1, -0.05) is 0 Å². The lowest BCUT2D eigenvalue weighted by molar-refractivity contribution is -0.155. The van der Waals surface area contributed by atoms with Crippen molar-refractivity contribution in [2.75, 3.05) is 26.8 Å². The quantitative estimate of drug-likeness (QED) is 0.898. The highest BCUT2D eigenvalue weighted by atomic mass is 32.1. The number of aromatic nitrogens is 1. The van der Waals surface area contributed by atoms with Crippen LogP contribution in [-0.4, -0.2) is 53.7 Å². The van der Waals surface area contributed by atoms with E-state index in [-0.39, 0.29) is 25.4 Å². The molecular formula is C13H15F3N2O4S. The number of thiazole rings is 1. The number of ether oxygens (including phenoxy) is 1. The lowest BCUT2D eigenvalue weighted by atomic mass is 9.80.